The smallest absolute Gasteiger partial charge is 0.251 e. The van der Waals surface area contributed by atoms with Crippen molar-refractivity contribution >= 4 is 16.7 Å². The van der Waals surface area contributed by atoms with Crippen LogP contribution in [0.15, 0.2) is 29.2 Å². The van der Waals surface area contributed by atoms with E-state index >= 15 is 0 Å². The molecule has 18 heavy (non-hydrogen) atoms. The molecule has 1 amide bonds. The SMILES string of the molecule is CC(CO)NC(=O)c1ccc(S(=O)C(C)C)cc1. The van der Waals surface area contributed by atoms with E-state index < -0.39 is 10.8 Å². The van der Waals surface area contributed by atoms with Crippen molar-refractivity contribution < 1.29 is 14.1 Å². The first-order valence-electron chi connectivity index (χ1n) is 5.88. The zero-order chi connectivity index (χ0) is 13.7. The number of nitrogens with one attached hydrogen (secondary N) is 1. The maximum Gasteiger partial charge on any atom is 0.251 e. The van der Waals surface area contributed by atoms with Gasteiger partial charge in [-0.25, -0.2) is 0 Å². The van der Waals surface area contributed by atoms with E-state index in [1.807, 2.05) is 13.8 Å². The molecule has 0 saturated heterocycles. The number of hydrogen-bond acceptors (Lipinski definition) is 3. The fraction of sp³-hybridized carbons (Fsp3) is 0.462. The van der Waals surface area contributed by atoms with Gasteiger partial charge in [-0.1, -0.05) is 13.8 Å². The molecule has 4 nitrogen and oxygen atoms in total. The summed E-state index contributed by atoms with van der Waals surface area (Å²) in [5, 5.41) is 11.6. The number of rotatable bonds is 5. The highest BCUT2D eigenvalue weighted by atomic mass is 32.2. The fourth-order valence-corrected chi connectivity index (χ4v) is 2.31. The summed E-state index contributed by atoms with van der Waals surface area (Å²) in [4.78, 5) is 12.5. The largest absolute Gasteiger partial charge is 0.394 e. The van der Waals surface area contributed by atoms with Gasteiger partial charge in [-0.15, -0.1) is 0 Å². The van der Waals surface area contributed by atoms with Gasteiger partial charge < -0.3 is 10.4 Å². The first-order chi connectivity index (χ1) is 8.45. The third kappa shape index (κ3) is 3.92. The molecule has 0 bridgehead atoms. The molecule has 0 saturated carbocycles. The van der Waals surface area contributed by atoms with Crippen molar-refractivity contribution in [2.24, 2.45) is 0 Å². The fourth-order valence-electron chi connectivity index (χ4n) is 1.37. The summed E-state index contributed by atoms with van der Waals surface area (Å²) >= 11 is 0. The summed E-state index contributed by atoms with van der Waals surface area (Å²) in [6.45, 7) is 5.40. The number of benzene rings is 1. The number of carbonyl (C=O) groups is 1. The summed E-state index contributed by atoms with van der Waals surface area (Å²) in [7, 11) is -1.04. The maximum atomic E-state index is 11.8. The Morgan fingerprint density at radius 3 is 2.28 bits per heavy atom. The minimum atomic E-state index is -1.04. The molecule has 0 aliphatic rings. The second-order valence-corrected chi connectivity index (χ2v) is 6.44. The van der Waals surface area contributed by atoms with E-state index in [9.17, 15) is 9.00 Å². The summed E-state index contributed by atoms with van der Waals surface area (Å²) in [5.41, 5.74) is 0.500. The van der Waals surface area contributed by atoms with E-state index in [2.05, 4.69) is 5.32 Å². The van der Waals surface area contributed by atoms with Crippen LogP contribution in [0.2, 0.25) is 0 Å². The van der Waals surface area contributed by atoms with Crippen molar-refractivity contribution in [3.8, 4) is 0 Å². The standard InChI is InChI=1S/C13H19NO3S/c1-9(2)18(17)12-6-4-11(5-7-12)13(16)14-10(3)8-15/h4-7,9-10,15H,8H2,1-3H3,(H,14,16). The molecule has 100 valence electrons. The van der Waals surface area contributed by atoms with Crippen LogP contribution in [0, 0.1) is 0 Å². The predicted octanol–water partition coefficient (Wildman–Crippen LogP) is 1.31. The van der Waals surface area contributed by atoms with Gasteiger partial charge >= 0.3 is 0 Å². The number of hydrogen-bond donors (Lipinski definition) is 2. The first-order valence-corrected chi connectivity index (χ1v) is 7.09. The van der Waals surface area contributed by atoms with E-state index in [1.54, 1.807) is 31.2 Å². The average molecular weight is 269 g/mol. The summed E-state index contributed by atoms with van der Waals surface area (Å²) in [5.74, 6) is -0.238. The molecular formula is C13H19NO3S. The Balaban J connectivity index is 2.77. The molecule has 0 heterocycles. The Bertz CT molecular complexity index is 428. The topological polar surface area (TPSA) is 66.4 Å². The molecule has 0 fully saturated rings. The number of aliphatic hydroxyl groups excluding tert-OH is 1. The summed E-state index contributed by atoms with van der Waals surface area (Å²) in [6, 6.07) is 6.43. The highest BCUT2D eigenvalue weighted by molar-refractivity contribution is 7.85. The lowest BCUT2D eigenvalue weighted by Crippen LogP contribution is -2.34. The zero-order valence-electron chi connectivity index (χ0n) is 10.8. The van der Waals surface area contributed by atoms with Crippen molar-refractivity contribution in [3.05, 3.63) is 29.8 Å². The minimum Gasteiger partial charge on any atom is -0.394 e. The van der Waals surface area contributed by atoms with E-state index in [1.165, 1.54) is 0 Å². The van der Waals surface area contributed by atoms with Gasteiger partial charge in [0.1, 0.15) is 0 Å². The van der Waals surface area contributed by atoms with Crippen LogP contribution in [0.1, 0.15) is 31.1 Å². The molecule has 0 radical (unpaired) electrons. The monoisotopic (exact) mass is 269 g/mol. The molecule has 1 aromatic carbocycles. The lowest BCUT2D eigenvalue weighted by Gasteiger charge is -2.11. The van der Waals surface area contributed by atoms with Gasteiger partial charge in [0.05, 0.1) is 17.4 Å². The van der Waals surface area contributed by atoms with Gasteiger partial charge in [-0.05, 0) is 31.2 Å². The molecule has 1 rings (SSSR count). The van der Waals surface area contributed by atoms with Crippen LogP contribution in [0.25, 0.3) is 0 Å². The zero-order valence-corrected chi connectivity index (χ0v) is 11.7. The third-order valence-corrected chi connectivity index (χ3v) is 4.02. The lowest BCUT2D eigenvalue weighted by molar-refractivity contribution is 0.0922. The molecule has 5 heteroatoms. The van der Waals surface area contributed by atoms with E-state index in [4.69, 9.17) is 5.11 Å². The normalized spacial score (nSPS) is 14.3. The maximum absolute atomic E-state index is 11.8. The lowest BCUT2D eigenvalue weighted by atomic mass is 10.2. The number of aliphatic hydroxyl groups is 1. The summed E-state index contributed by atoms with van der Waals surface area (Å²) < 4.78 is 11.8. The number of carbonyl (C=O) groups excluding carboxylic acids is 1. The van der Waals surface area contributed by atoms with Crippen molar-refractivity contribution in [3.63, 3.8) is 0 Å². The van der Waals surface area contributed by atoms with Crippen molar-refractivity contribution in [2.45, 2.75) is 37.0 Å². The molecule has 0 aliphatic heterocycles. The second-order valence-electron chi connectivity index (χ2n) is 4.43. The Morgan fingerprint density at radius 1 is 1.28 bits per heavy atom. The average Bonchev–Trinajstić information content (AvgIpc) is 2.37. The van der Waals surface area contributed by atoms with Crippen LogP contribution >= 0.6 is 0 Å². The Hall–Kier alpha value is -1.20. The van der Waals surface area contributed by atoms with Gasteiger partial charge in [-0.3, -0.25) is 9.00 Å². The Labute approximate surface area is 110 Å². The molecule has 2 atom stereocenters. The van der Waals surface area contributed by atoms with Gasteiger partial charge in [0, 0.05) is 21.8 Å². The molecule has 2 N–H and O–H groups in total. The predicted molar refractivity (Wildman–Crippen MR) is 72.0 cm³/mol. The van der Waals surface area contributed by atoms with Crippen LogP contribution in [-0.2, 0) is 10.8 Å². The van der Waals surface area contributed by atoms with Crippen LogP contribution in [-0.4, -0.2) is 33.1 Å². The van der Waals surface area contributed by atoms with Crippen LogP contribution < -0.4 is 5.32 Å². The minimum absolute atomic E-state index is 0.0547. The van der Waals surface area contributed by atoms with Crippen LogP contribution in [0.3, 0.4) is 0 Å². The quantitative estimate of drug-likeness (QED) is 0.847. The molecule has 0 aliphatic carbocycles. The van der Waals surface area contributed by atoms with Gasteiger partial charge in [0.25, 0.3) is 5.91 Å². The molecule has 0 spiro atoms. The molecular weight excluding hydrogens is 250 g/mol. The van der Waals surface area contributed by atoms with E-state index in [0.29, 0.717) is 5.56 Å². The summed E-state index contributed by atoms with van der Waals surface area (Å²) in [6.07, 6.45) is 0. The Kier molecular flexibility index (Phi) is 5.50. The van der Waals surface area contributed by atoms with Crippen LogP contribution in [0.4, 0.5) is 0 Å². The van der Waals surface area contributed by atoms with Crippen molar-refractivity contribution in [1.29, 1.82) is 0 Å². The molecule has 1 aromatic rings. The van der Waals surface area contributed by atoms with Gasteiger partial charge in [0.2, 0.25) is 0 Å². The van der Waals surface area contributed by atoms with Crippen LogP contribution in [0.5, 0.6) is 0 Å². The van der Waals surface area contributed by atoms with Gasteiger partial charge in [-0.2, -0.15) is 0 Å². The van der Waals surface area contributed by atoms with Crippen molar-refractivity contribution in [2.75, 3.05) is 6.61 Å². The third-order valence-electron chi connectivity index (χ3n) is 2.43. The molecule has 0 aromatic heterocycles. The highest BCUT2D eigenvalue weighted by Crippen LogP contribution is 2.12. The Morgan fingerprint density at radius 2 is 1.83 bits per heavy atom. The second kappa shape index (κ2) is 6.66. The van der Waals surface area contributed by atoms with Gasteiger partial charge in [0.15, 0.2) is 0 Å². The van der Waals surface area contributed by atoms with E-state index in [-0.39, 0.29) is 23.8 Å². The van der Waals surface area contributed by atoms with E-state index in [0.717, 1.165) is 4.90 Å². The number of amides is 1. The highest BCUT2D eigenvalue weighted by Gasteiger charge is 2.11. The molecule has 2 unspecified atom stereocenters. The van der Waals surface area contributed by atoms with Crippen molar-refractivity contribution in [1.82, 2.24) is 5.32 Å². The first kappa shape index (κ1) is 14.9.